The van der Waals surface area contributed by atoms with Crippen molar-refractivity contribution in [1.29, 1.82) is 0 Å². The first-order chi connectivity index (χ1) is 15.0. The zero-order chi connectivity index (χ0) is 22.0. The van der Waals surface area contributed by atoms with Crippen molar-refractivity contribution in [3.05, 3.63) is 65.6 Å². The fourth-order valence-corrected chi connectivity index (χ4v) is 4.01. The zero-order valence-electron chi connectivity index (χ0n) is 18.1. The highest BCUT2D eigenvalue weighted by Crippen LogP contribution is 2.33. The average Bonchev–Trinajstić information content (AvgIpc) is 3.23. The van der Waals surface area contributed by atoms with Gasteiger partial charge in [-0.15, -0.1) is 0 Å². The quantitative estimate of drug-likeness (QED) is 0.585. The van der Waals surface area contributed by atoms with Gasteiger partial charge in [0.25, 0.3) is 0 Å². The Balaban J connectivity index is 1.46. The second-order valence-electron chi connectivity index (χ2n) is 7.78. The summed E-state index contributed by atoms with van der Waals surface area (Å²) in [4.78, 5) is 25.7. The summed E-state index contributed by atoms with van der Waals surface area (Å²) in [6, 6.07) is 6.27. The van der Waals surface area contributed by atoms with E-state index in [2.05, 4.69) is 15.0 Å². The van der Waals surface area contributed by atoms with E-state index in [1.54, 1.807) is 30.3 Å². The molecule has 1 amide bonds. The van der Waals surface area contributed by atoms with Crippen LogP contribution in [-0.2, 0) is 24.2 Å². The molecule has 0 spiro atoms. The molecule has 162 valence electrons. The van der Waals surface area contributed by atoms with Crippen LogP contribution in [0, 0.1) is 5.82 Å². The van der Waals surface area contributed by atoms with Gasteiger partial charge in [-0.3, -0.25) is 9.48 Å². The molecule has 0 N–H and O–H groups in total. The monoisotopic (exact) mass is 422 g/mol. The summed E-state index contributed by atoms with van der Waals surface area (Å²) in [6.45, 7) is 5.38. The number of carbonyl (C=O) groups is 1. The number of likely N-dealkylation sites (N-methyl/N-ethyl adjacent to an activating group) is 2. The molecule has 0 unspecified atom stereocenters. The lowest BCUT2D eigenvalue weighted by Crippen LogP contribution is -2.52. The van der Waals surface area contributed by atoms with Crippen LogP contribution in [0.2, 0.25) is 0 Å². The fourth-order valence-electron chi connectivity index (χ4n) is 4.01. The first-order valence-electron chi connectivity index (χ1n) is 10.7. The molecule has 2 aromatic heterocycles. The van der Waals surface area contributed by atoms with E-state index in [-0.39, 0.29) is 17.8 Å². The van der Waals surface area contributed by atoms with E-state index in [1.807, 2.05) is 30.9 Å². The summed E-state index contributed by atoms with van der Waals surface area (Å²) < 4.78 is 14.9. The number of hydrogen-bond donors (Lipinski definition) is 0. The minimum absolute atomic E-state index is 0.0850. The summed E-state index contributed by atoms with van der Waals surface area (Å²) in [5.41, 5.74) is 2.85. The van der Waals surface area contributed by atoms with Crippen molar-refractivity contribution in [2.45, 2.75) is 45.7 Å². The van der Waals surface area contributed by atoms with Crippen LogP contribution in [0.25, 0.3) is 0 Å². The van der Waals surface area contributed by atoms with Gasteiger partial charge in [-0.2, -0.15) is 5.10 Å². The molecule has 0 saturated heterocycles. The minimum atomic E-state index is -0.239. The molecule has 4 rings (SSSR count). The highest BCUT2D eigenvalue weighted by atomic mass is 19.1. The van der Waals surface area contributed by atoms with Crippen LogP contribution in [0.3, 0.4) is 0 Å². The Morgan fingerprint density at radius 1 is 1.06 bits per heavy atom. The van der Waals surface area contributed by atoms with Crippen molar-refractivity contribution in [2.75, 3.05) is 23.4 Å². The van der Waals surface area contributed by atoms with Crippen LogP contribution in [-0.4, -0.2) is 45.3 Å². The molecule has 0 aliphatic carbocycles. The second kappa shape index (κ2) is 8.83. The van der Waals surface area contributed by atoms with Gasteiger partial charge in [0.05, 0.1) is 18.9 Å². The second-order valence-corrected chi connectivity index (χ2v) is 7.78. The molecule has 3 heterocycles. The van der Waals surface area contributed by atoms with Crippen molar-refractivity contribution < 1.29 is 9.18 Å². The van der Waals surface area contributed by atoms with Gasteiger partial charge in [0.15, 0.2) is 5.82 Å². The molecule has 31 heavy (non-hydrogen) atoms. The molecular weight excluding hydrogens is 395 g/mol. The number of anilines is 2. The number of aromatic nitrogens is 4. The number of carbonyl (C=O) groups excluding carboxylic acids is 1. The third kappa shape index (κ3) is 4.28. The van der Waals surface area contributed by atoms with Crippen LogP contribution in [0.15, 0.2) is 42.9 Å². The van der Waals surface area contributed by atoms with E-state index >= 15 is 0 Å². The SMILES string of the molecule is CC[C@H]1C(=O)N(C)c2cnc(CCc3cnn(Cc4ccc(F)cc4)c3)nc2N1CC. The Labute approximate surface area is 181 Å². The van der Waals surface area contributed by atoms with Crippen molar-refractivity contribution in [2.24, 2.45) is 0 Å². The van der Waals surface area contributed by atoms with E-state index in [0.717, 1.165) is 47.8 Å². The van der Waals surface area contributed by atoms with E-state index < -0.39 is 0 Å². The standard InChI is InChI=1S/C23H27FN6O/c1-4-19-23(31)28(3)20-13-25-21(27-22(20)30(19)5-2)11-8-17-12-26-29(15-17)14-16-6-9-18(24)10-7-16/h6-7,9-10,12-13,15,19H,4-5,8,11,14H2,1-3H3/t19-/m0/s1. The molecule has 3 aromatic rings. The van der Waals surface area contributed by atoms with Gasteiger partial charge in [0.2, 0.25) is 5.91 Å². The van der Waals surface area contributed by atoms with Crippen LogP contribution < -0.4 is 9.80 Å². The maximum atomic E-state index is 13.1. The van der Waals surface area contributed by atoms with Gasteiger partial charge >= 0.3 is 0 Å². The Morgan fingerprint density at radius 3 is 2.55 bits per heavy atom. The molecule has 1 atom stereocenters. The maximum absolute atomic E-state index is 13.1. The zero-order valence-corrected chi connectivity index (χ0v) is 18.1. The topological polar surface area (TPSA) is 67.2 Å². The Kier molecular flexibility index (Phi) is 5.97. The van der Waals surface area contributed by atoms with Crippen LogP contribution in [0.1, 0.15) is 37.2 Å². The molecule has 8 heteroatoms. The summed E-state index contributed by atoms with van der Waals surface area (Å²) >= 11 is 0. The van der Waals surface area contributed by atoms with Gasteiger partial charge in [-0.1, -0.05) is 19.1 Å². The number of nitrogens with zero attached hydrogens (tertiary/aromatic N) is 6. The third-order valence-electron chi connectivity index (χ3n) is 5.73. The normalized spacial score (nSPS) is 16.0. The Morgan fingerprint density at radius 2 is 1.84 bits per heavy atom. The minimum Gasteiger partial charge on any atom is -0.343 e. The van der Waals surface area contributed by atoms with Crippen LogP contribution in [0.5, 0.6) is 0 Å². The summed E-state index contributed by atoms with van der Waals surface area (Å²) in [5.74, 6) is 1.42. The predicted octanol–water partition coefficient (Wildman–Crippen LogP) is 3.23. The lowest BCUT2D eigenvalue weighted by molar-refractivity contribution is -0.120. The highest BCUT2D eigenvalue weighted by Gasteiger charge is 2.36. The maximum Gasteiger partial charge on any atom is 0.249 e. The third-order valence-corrected chi connectivity index (χ3v) is 5.73. The van der Waals surface area contributed by atoms with E-state index in [1.165, 1.54) is 12.1 Å². The smallest absolute Gasteiger partial charge is 0.249 e. The first kappa shape index (κ1) is 21.0. The predicted molar refractivity (Wildman–Crippen MR) is 118 cm³/mol. The number of rotatable bonds is 7. The first-order valence-corrected chi connectivity index (χ1v) is 10.7. The number of aryl methyl sites for hydroxylation is 2. The van der Waals surface area contributed by atoms with Gasteiger partial charge in [-0.25, -0.2) is 14.4 Å². The van der Waals surface area contributed by atoms with Crippen molar-refractivity contribution in [3.63, 3.8) is 0 Å². The fraction of sp³-hybridized carbons (Fsp3) is 0.391. The summed E-state index contributed by atoms with van der Waals surface area (Å²) in [7, 11) is 1.79. The van der Waals surface area contributed by atoms with Crippen LogP contribution >= 0.6 is 0 Å². The largest absolute Gasteiger partial charge is 0.343 e. The molecule has 0 radical (unpaired) electrons. The molecule has 0 saturated carbocycles. The highest BCUT2D eigenvalue weighted by molar-refractivity contribution is 6.04. The van der Waals surface area contributed by atoms with Gasteiger partial charge in [0.1, 0.15) is 23.4 Å². The van der Waals surface area contributed by atoms with Crippen molar-refractivity contribution >= 4 is 17.4 Å². The number of benzene rings is 1. The van der Waals surface area contributed by atoms with Crippen LogP contribution in [0.4, 0.5) is 15.9 Å². The lowest BCUT2D eigenvalue weighted by Gasteiger charge is -2.39. The summed E-state index contributed by atoms with van der Waals surface area (Å²) in [5, 5.41) is 4.41. The van der Waals surface area contributed by atoms with E-state index in [0.29, 0.717) is 13.0 Å². The summed E-state index contributed by atoms with van der Waals surface area (Å²) in [6.07, 6.45) is 7.78. The van der Waals surface area contributed by atoms with E-state index in [4.69, 9.17) is 4.98 Å². The number of halogens is 1. The van der Waals surface area contributed by atoms with Gasteiger partial charge in [0, 0.05) is 26.2 Å². The molecule has 1 aliphatic heterocycles. The number of amides is 1. The number of fused-ring (bicyclic) bond motifs is 1. The molecular formula is C23H27FN6O. The average molecular weight is 423 g/mol. The molecule has 1 aliphatic rings. The Hall–Kier alpha value is -3.29. The Bertz CT molecular complexity index is 1060. The van der Waals surface area contributed by atoms with Gasteiger partial charge in [-0.05, 0) is 43.0 Å². The number of hydrogen-bond acceptors (Lipinski definition) is 5. The van der Waals surface area contributed by atoms with Gasteiger partial charge < -0.3 is 9.80 Å². The van der Waals surface area contributed by atoms with Crippen molar-refractivity contribution in [1.82, 2.24) is 19.7 Å². The van der Waals surface area contributed by atoms with Crippen molar-refractivity contribution in [3.8, 4) is 0 Å². The lowest BCUT2D eigenvalue weighted by atomic mass is 10.1. The molecule has 7 nitrogen and oxygen atoms in total. The van der Waals surface area contributed by atoms with E-state index in [9.17, 15) is 9.18 Å². The molecule has 0 fully saturated rings. The molecule has 0 bridgehead atoms. The molecule has 1 aromatic carbocycles.